The summed E-state index contributed by atoms with van der Waals surface area (Å²) in [6, 6.07) is 0.977. The van der Waals surface area contributed by atoms with Gasteiger partial charge in [-0.15, -0.1) is 10.2 Å². The molecule has 3 heterocycles. The molecule has 2 aromatic heterocycles. The van der Waals surface area contributed by atoms with Crippen LogP contribution in [-0.4, -0.2) is 24.5 Å². The maximum atomic E-state index is 12.5. The van der Waals surface area contributed by atoms with Crippen LogP contribution < -0.4 is 0 Å². The van der Waals surface area contributed by atoms with Gasteiger partial charge in [0.05, 0.1) is 0 Å². The molecule has 0 spiro atoms. The van der Waals surface area contributed by atoms with Gasteiger partial charge in [0.1, 0.15) is 12.4 Å². The number of nitrogens with zero attached hydrogens (tertiary/aromatic N) is 5. The molecule has 1 aliphatic rings. The van der Waals surface area contributed by atoms with Gasteiger partial charge in [0, 0.05) is 19.2 Å². The lowest BCUT2D eigenvalue weighted by Crippen LogP contribution is -2.14. The normalized spacial score (nSPS) is 16.3. The molecule has 1 aliphatic heterocycles. The highest BCUT2D eigenvalue weighted by Crippen LogP contribution is 2.27. The highest BCUT2D eigenvalue weighted by Gasteiger charge is 2.33. The van der Waals surface area contributed by atoms with Crippen LogP contribution in [0.1, 0.15) is 43.0 Å². The molecule has 114 valence electrons. The zero-order valence-electron chi connectivity index (χ0n) is 11.5. The van der Waals surface area contributed by atoms with Gasteiger partial charge in [0.25, 0.3) is 0 Å². The largest absolute Gasteiger partial charge is 0.435 e. The van der Waals surface area contributed by atoms with Crippen molar-refractivity contribution >= 4 is 0 Å². The van der Waals surface area contributed by atoms with E-state index in [1.807, 2.05) is 4.57 Å². The Morgan fingerprint density at radius 2 is 1.90 bits per heavy atom. The van der Waals surface area contributed by atoms with Crippen molar-refractivity contribution in [1.82, 2.24) is 24.5 Å². The number of halogens is 3. The average Bonchev–Trinajstić information content (AvgIpc) is 2.97. The van der Waals surface area contributed by atoms with E-state index in [1.54, 1.807) is 0 Å². The molecule has 0 bridgehead atoms. The topological polar surface area (TPSA) is 48.5 Å². The van der Waals surface area contributed by atoms with Crippen LogP contribution in [0.25, 0.3) is 0 Å². The second-order valence-electron chi connectivity index (χ2n) is 5.24. The Kier molecular flexibility index (Phi) is 3.69. The van der Waals surface area contributed by atoms with Gasteiger partial charge in [-0.1, -0.05) is 12.8 Å². The van der Waals surface area contributed by atoms with Crippen molar-refractivity contribution in [2.75, 3.05) is 0 Å². The van der Waals surface area contributed by atoms with Crippen LogP contribution in [-0.2, 0) is 25.7 Å². The van der Waals surface area contributed by atoms with E-state index in [0.29, 0.717) is 5.82 Å². The van der Waals surface area contributed by atoms with E-state index in [-0.39, 0.29) is 6.54 Å². The monoisotopic (exact) mass is 299 g/mol. The van der Waals surface area contributed by atoms with Crippen LogP contribution in [0.15, 0.2) is 12.3 Å². The molecule has 3 rings (SSSR count). The minimum Gasteiger partial charge on any atom is -0.313 e. The fraction of sp³-hybridized carbons (Fsp3) is 0.615. The second kappa shape index (κ2) is 5.50. The molecule has 0 atom stereocenters. The van der Waals surface area contributed by atoms with Crippen molar-refractivity contribution in [3.63, 3.8) is 0 Å². The lowest BCUT2D eigenvalue weighted by atomic mass is 10.1. The smallest absolute Gasteiger partial charge is 0.313 e. The molecule has 21 heavy (non-hydrogen) atoms. The highest BCUT2D eigenvalue weighted by molar-refractivity contribution is 5.05. The van der Waals surface area contributed by atoms with Crippen molar-refractivity contribution in [3.05, 3.63) is 29.6 Å². The Hall–Kier alpha value is -1.86. The van der Waals surface area contributed by atoms with Gasteiger partial charge in [-0.3, -0.25) is 4.68 Å². The third kappa shape index (κ3) is 3.08. The van der Waals surface area contributed by atoms with Crippen LogP contribution in [0.2, 0.25) is 0 Å². The molecule has 0 aromatic carbocycles. The van der Waals surface area contributed by atoms with Crippen LogP contribution in [0.5, 0.6) is 0 Å². The van der Waals surface area contributed by atoms with Gasteiger partial charge in [0.15, 0.2) is 11.5 Å². The maximum absolute atomic E-state index is 12.5. The third-order valence-corrected chi connectivity index (χ3v) is 3.67. The summed E-state index contributed by atoms with van der Waals surface area (Å²) in [5.74, 6) is 1.59. The summed E-state index contributed by atoms with van der Waals surface area (Å²) < 4.78 is 40.9. The molecule has 0 saturated carbocycles. The average molecular weight is 299 g/mol. The Bertz CT molecular complexity index is 614. The highest BCUT2D eigenvalue weighted by atomic mass is 19.4. The van der Waals surface area contributed by atoms with E-state index in [1.165, 1.54) is 17.3 Å². The molecule has 8 heteroatoms. The van der Waals surface area contributed by atoms with Gasteiger partial charge in [-0.05, 0) is 18.9 Å². The van der Waals surface area contributed by atoms with Crippen molar-refractivity contribution in [3.8, 4) is 0 Å². The van der Waals surface area contributed by atoms with E-state index >= 15 is 0 Å². The van der Waals surface area contributed by atoms with Crippen LogP contribution in [0.4, 0.5) is 13.2 Å². The maximum Gasteiger partial charge on any atom is 0.435 e. The van der Waals surface area contributed by atoms with E-state index in [2.05, 4.69) is 15.3 Å². The van der Waals surface area contributed by atoms with Gasteiger partial charge >= 0.3 is 6.18 Å². The summed E-state index contributed by atoms with van der Waals surface area (Å²) in [6.07, 6.45) is 2.27. The Balaban J connectivity index is 1.80. The molecule has 0 radical (unpaired) electrons. The van der Waals surface area contributed by atoms with Crippen LogP contribution in [0, 0.1) is 0 Å². The Morgan fingerprint density at radius 3 is 2.67 bits per heavy atom. The van der Waals surface area contributed by atoms with Gasteiger partial charge in [-0.2, -0.15) is 18.3 Å². The summed E-state index contributed by atoms with van der Waals surface area (Å²) in [5.41, 5.74) is -0.880. The molecule has 0 amide bonds. The molecule has 5 nitrogen and oxygen atoms in total. The van der Waals surface area contributed by atoms with Crippen molar-refractivity contribution in [2.24, 2.45) is 0 Å². The first-order chi connectivity index (χ1) is 10.0. The summed E-state index contributed by atoms with van der Waals surface area (Å²) in [5, 5.41) is 11.8. The second-order valence-corrected chi connectivity index (χ2v) is 5.24. The molecular weight excluding hydrogens is 283 g/mol. The first-order valence-corrected chi connectivity index (χ1v) is 7.05. The number of fused-ring (bicyclic) bond motifs is 1. The van der Waals surface area contributed by atoms with E-state index in [9.17, 15) is 13.2 Å². The molecular formula is C13H16F3N5. The number of alkyl halides is 3. The standard InChI is InChI=1S/C13H16F3N5/c14-13(15,16)10-6-8-20(19-10)9-12-18-17-11-5-3-1-2-4-7-21(11)12/h6,8H,1-5,7,9H2. The fourth-order valence-corrected chi connectivity index (χ4v) is 2.58. The summed E-state index contributed by atoms with van der Waals surface area (Å²) in [7, 11) is 0. The van der Waals surface area contributed by atoms with Crippen LogP contribution in [0.3, 0.4) is 0 Å². The number of aromatic nitrogens is 5. The molecule has 0 aliphatic carbocycles. The summed E-state index contributed by atoms with van der Waals surface area (Å²) in [4.78, 5) is 0. The minimum absolute atomic E-state index is 0.211. The zero-order valence-corrected chi connectivity index (χ0v) is 11.5. The molecule has 0 unspecified atom stereocenters. The molecule has 0 fully saturated rings. The van der Waals surface area contributed by atoms with Gasteiger partial charge < -0.3 is 4.57 Å². The number of aryl methyl sites for hydroxylation is 1. The zero-order chi connectivity index (χ0) is 14.9. The van der Waals surface area contributed by atoms with Crippen molar-refractivity contribution < 1.29 is 13.2 Å². The minimum atomic E-state index is -4.41. The number of rotatable bonds is 2. The van der Waals surface area contributed by atoms with E-state index in [4.69, 9.17) is 0 Å². The van der Waals surface area contributed by atoms with Crippen LogP contribution >= 0.6 is 0 Å². The fourth-order valence-electron chi connectivity index (χ4n) is 2.58. The Labute approximate surface area is 119 Å². The van der Waals surface area contributed by atoms with Gasteiger partial charge in [0.2, 0.25) is 0 Å². The van der Waals surface area contributed by atoms with E-state index in [0.717, 1.165) is 44.1 Å². The van der Waals surface area contributed by atoms with Crippen molar-refractivity contribution in [1.29, 1.82) is 0 Å². The van der Waals surface area contributed by atoms with E-state index < -0.39 is 11.9 Å². The first kappa shape index (κ1) is 14.1. The SMILES string of the molecule is FC(F)(F)c1ccn(Cc2nnc3n2CCCCCC3)n1. The molecule has 2 aromatic rings. The third-order valence-electron chi connectivity index (χ3n) is 3.67. The lowest BCUT2D eigenvalue weighted by molar-refractivity contribution is -0.141. The van der Waals surface area contributed by atoms with Gasteiger partial charge in [-0.25, -0.2) is 0 Å². The molecule has 0 saturated heterocycles. The van der Waals surface area contributed by atoms with Crippen molar-refractivity contribution in [2.45, 2.75) is 51.4 Å². The lowest BCUT2D eigenvalue weighted by Gasteiger charge is -2.13. The first-order valence-electron chi connectivity index (χ1n) is 7.05. The number of hydrogen-bond acceptors (Lipinski definition) is 3. The predicted molar refractivity (Wildman–Crippen MR) is 68.5 cm³/mol. The number of hydrogen-bond donors (Lipinski definition) is 0. The predicted octanol–water partition coefficient (Wildman–Crippen LogP) is 2.66. The summed E-state index contributed by atoms with van der Waals surface area (Å²) in [6.45, 7) is 1.04. The Morgan fingerprint density at radius 1 is 1.10 bits per heavy atom. The summed E-state index contributed by atoms with van der Waals surface area (Å²) >= 11 is 0. The quantitative estimate of drug-likeness (QED) is 0.856. The molecule has 0 N–H and O–H groups in total.